The van der Waals surface area contributed by atoms with Crippen molar-refractivity contribution in [3.05, 3.63) is 58.4 Å². The molecule has 2 aromatic carbocycles. The van der Waals surface area contributed by atoms with Gasteiger partial charge in [-0.25, -0.2) is 0 Å². The summed E-state index contributed by atoms with van der Waals surface area (Å²) in [6.07, 6.45) is 1.09. The summed E-state index contributed by atoms with van der Waals surface area (Å²) in [6.45, 7) is 4.19. The van der Waals surface area contributed by atoms with E-state index in [2.05, 4.69) is 18.0 Å². The molecule has 0 N–H and O–H groups in total. The summed E-state index contributed by atoms with van der Waals surface area (Å²) in [7, 11) is 1.60. The molecule has 0 unspecified atom stereocenters. The Morgan fingerprint density at radius 1 is 1.07 bits per heavy atom. The molecule has 0 saturated heterocycles. The van der Waals surface area contributed by atoms with Gasteiger partial charge in [-0.1, -0.05) is 36.5 Å². The van der Waals surface area contributed by atoms with Crippen molar-refractivity contribution >= 4 is 33.4 Å². The van der Waals surface area contributed by atoms with Crippen LogP contribution in [-0.2, 0) is 33.7 Å². The number of aryl methyl sites for hydroxylation is 1. The fourth-order valence-corrected chi connectivity index (χ4v) is 4.09. The van der Waals surface area contributed by atoms with E-state index in [9.17, 15) is 9.59 Å². The lowest BCUT2D eigenvalue weighted by atomic mass is 10.1. The molecular weight excluding hydrogens is 388 g/mol. The molecule has 0 saturated carbocycles. The Labute approximate surface area is 173 Å². The predicted octanol–water partition coefficient (Wildman–Crippen LogP) is 3.51. The summed E-state index contributed by atoms with van der Waals surface area (Å²) in [5.41, 5.74) is 2.92. The van der Waals surface area contributed by atoms with Crippen LogP contribution in [0.1, 0.15) is 25.0 Å². The molecule has 1 heterocycles. The largest absolute Gasteiger partial charge is 0.497 e. The number of rotatable bonds is 7. The maximum atomic E-state index is 12.6. The molecule has 0 aliphatic carbocycles. The fraction of sp³-hybridized carbons (Fsp3) is 0.318. The molecule has 0 fully saturated rings. The first-order valence-corrected chi connectivity index (χ1v) is 10.3. The minimum atomic E-state index is -0.351. The molecule has 3 aromatic rings. The number of carbonyl (C=O) groups is 2. The molecule has 0 atom stereocenters. The summed E-state index contributed by atoms with van der Waals surface area (Å²) in [5, 5.41) is 0. The second-order valence-corrected chi connectivity index (χ2v) is 7.47. The SMILES string of the molecule is CCOC(=O)Cn1c(=NC(=O)Cc2ccc(OC)cc2)sc2cc(CC)ccc21. The average Bonchev–Trinajstić information content (AvgIpc) is 3.04. The Morgan fingerprint density at radius 3 is 2.45 bits per heavy atom. The topological polar surface area (TPSA) is 69.9 Å². The molecule has 0 bridgehead atoms. The molecule has 0 spiro atoms. The number of carbonyl (C=O) groups excluding carboxylic acids is 2. The number of thiazole rings is 1. The number of hydrogen-bond acceptors (Lipinski definition) is 5. The number of aromatic nitrogens is 1. The maximum absolute atomic E-state index is 12.6. The molecule has 152 valence electrons. The van der Waals surface area contributed by atoms with Gasteiger partial charge in [-0.05, 0) is 48.7 Å². The average molecular weight is 413 g/mol. The highest BCUT2D eigenvalue weighted by Crippen LogP contribution is 2.20. The van der Waals surface area contributed by atoms with Gasteiger partial charge in [0.05, 0.1) is 30.4 Å². The minimum absolute atomic E-state index is 0.0218. The van der Waals surface area contributed by atoms with Gasteiger partial charge in [-0.15, -0.1) is 0 Å². The molecule has 3 rings (SSSR count). The third-order valence-electron chi connectivity index (χ3n) is 4.48. The van der Waals surface area contributed by atoms with Crippen LogP contribution < -0.4 is 9.54 Å². The number of ether oxygens (including phenoxy) is 2. The fourth-order valence-electron chi connectivity index (χ4n) is 2.98. The second kappa shape index (κ2) is 9.52. The van der Waals surface area contributed by atoms with E-state index >= 15 is 0 Å². The Morgan fingerprint density at radius 2 is 1.79 bits per heavy atom. The number of fused-ring (bicyclic) bond motifs is 1. The highest BCUT2D eigenvalue weighted by Gasteiger charge is 2.13. The summed E-state index contributed by atoms with van der Waals surface area (Å²) < 4.78 is 13.0. The van der Waals surface area contributed by atoms with Crippen molar-refractivity contribution in [3.8, 4) is 5.75 Å². The zero-order valence-electron chi connectivity index (χ0n) is 16.8. The van der Waals surface area contributed by atoms with Crippen LogP contribution in [0, 0.1) is 0 Å². The standard InChI is InChI=1S/C22H24N2O4S/c1-4-15-8-11-18-19(12-15)29-22(24(18)14-21(26)28-5-2)23-20(25)13-16-6-9-17(27-3)10-7-16/h6-12H,4-5,13-14H2,1-3H3. The monoisotopic (exact) mass is 412 g/mol. The van der Waals surface area contributed by atoms with Gasteiger partial charge in [0.15, 0.2) is 4.80 Å². The molecule has 0 aliphatic heterocycles. The highest BCUT2D eigenvalue weighted by molar-refractivity contribution is 7.16. The number of nitrogens with zero attached hydrogens (tertiary/aromatic N) is 2. The number of amides is 1. The van der Waals surface area contributed by atoms with Gasteiger partial charge >= 0.3 is 5.97 Å². The van der Waals surface area contributed by atoms with Crippen molar-refractivity contribution < 1.29 is 19.1 Å². The zero-order chi connectivity index (χ0) is 20.8. The molecule has 1 amide bonds. The lowest BCUT2D eigenvalue weighted by Crippen LogP contribution is -2.23. The summed E-state index contributed by atoms with van der Waals surface area (Å²) in [5.74, 6) is 0.118. The van der Waals surface area contributed by atoms with Gasteiger partial charge in [0.25, 0.3) is 5.91 Å². The van der Waals surface area contributed by atoms with Crippen LogP contribution in [0.25, 0.3) is 10.2 Å². The third-order valence-corrected chi connectivity index (χ3v) is 5.52. The van der Waals surface area contributed by atoms with Crippen molar-refractivity contribution in [3.63, 3.8) is 0 Å². The number of esters is 1. The van der Waals surface area contributed by atoms with Crippen LogP contribution in [-0.4, -0.2) is 30.2 Å². The molecule has 1 aromatic heterocycles. The van der Waals surface area contributed by atoms with Crippen LogP contribution in [0.2, 0.25) is 0 Å². The van der Waals surface area contributed by atoms with Gasteiger partial charge in [0.1, 0.15) is 12.3 Å². The smallest absolute Gasteiger partial charge is 0.326 e. The van der Waals surface area contributed by atoms with Gasteiger partial charge in [-0.3, -0.25) is 9.59 Å². The first kappa shape index (κ1) is 20.8. The summed E-state index contributed by atoms with van der Waals surface area (Å²) in [6, 6.07) is 13.4. The predicted molar refractivity (Wildman–Crippen MR) is 113 cm³/mol. The number of benzene rings is 2. The van der Waals surface area contributed by atoms with Crippen molar-refractivity contribution in [2.75, 3.05) is 13.7 Å². The molecule has 29 heavy (non-hydrogen) atoms. The van der Waals surface area contributed by atoms with Crippen molar-refractivity contribution in [2.24, 2.45) is 4.99 Å². The van der Waals surface area contributed by atoms with Crippen LogP contribution in [0.3, 0.4) is 0 Å². The molecule has 6 nitrogen and oxygen atoms in total. The third kappa shape index (κ3) is 5.12. The van der Waals surface area contributed by atoms with E-state index in [1.807, 2.05) is 36.4 Å². The lowest BCUT2D eigenvalue weighted by molar-refractivity contribution is -0.143. The van der Waals surface area contributed by atoms with Crippen molar-refractivity contribution in [1.82, 2.24) is 4.57 Å². The van der Waals surface area contributed by atoms with E-state index in [-0.39, 0.29) is 24.8 Å². The van der Waals surface area contributed by atoms with Gasteiger partial charge < -0.3 is 14.0 Å². The van der Waals surface area contributed by atoms with Crippen LogP contribution in [0.15, 0.2) is 47.5 Å². The Balaban J connectivity index is 1.96. The van der Waals surface area contributed by atoms with E-state index in [0.29, 0.717) is 11.4 Å². The van der Waals surface area contributed by atoms with Crippen molar-refractivity contribution in [2.45, 2.75) is 33.2 Å². The Bertz CT molecular complexity index is 1080. The minimum Gasteiger partial charge on any atom is -0.497 e. The van der Waals surface area contributed by atoms with E-state index < -0.39 is 0 Å². The number of hydrogen-bond donors (Lipinski definition) is 0. The number of methoxy groups -OCH3 is 1. The summed E-state index contributed by atoms with van der Waals surface area (Å²) in [4.78, 5) is 29.5. The van der Waals surface area contributed by atoms with Gasteiger partial charge in [0.2, 0.25) is 0 Å². The molecule has 0 aliphatic rings. The molecular formula is C22H24N2O4S. The quantitative estimate of drug-likeness (QED) is 0.557. The van der Waals surface area contributed by atoms with E-state index in [1.165, 1.54) is 16.9 Å². The van der Waals surface area contributed by atoms with E-state index in [4.69, 9.17) is 9.47 Å². The zero-order valence-corrected chi connectivity index (χ0v) is 17.6. The normalized spacial score (nSPS) is 11.6. The summed E-state index contributed by atoms with van der Waals surface area (Å²) >= 11 is 1.41. The molecule has 0 radical (unpaired) electrons. The lowest BCUT2D eigenvalue weighted by Gasteiger charge is -2.05. The van der Waals surface area contributed by atoms with E-state index in [0.717, 1.165) is 28.0 Å². The van der Waals surface area contributed by atoms with Crippen molar-refractivity contribution in [1.29, 1.82) is 0 Å². The van der Waals surface area contributed by atoms with Crippen LogP contribution in [0.4, 0.5) is 0 Å². The first-order valence-electron chi connectivity index (χ1n) is 9.52. The van der Waals surface area contributed by atoms with E-state index in [1.54, 1.807) is 18.6 Å². The van der Waals surface area contributed by atoms with Gasteiger partial charge in [0, 0.05) is 0 Å². The Kier molecular flexibility index (Phi) is 6.82. The van der Waals surface area contributed by atoms with Crippen LogP contribution in [0.5, 0.6) is 5.75 Å². The van der Waals surface area contributed by atoms with Gasteiger partial charge in [-0.2, -0.15) is 4.99 Å². The highest BCUT2D eigenvalue weighted by atomic mass is 32.1. The Hall–Kier alpha value is -2.93. The maximum Gasteiger partial charge on any atom is 0.326 e. The van der Waals surface area contributed by atoms with Crippen LogP contribution >= 0.6 is 11.3 Å². The first-order chi connectivity index (χ1) is 14.0. The molecule has 7 heteroatoms. The second-order valence-electron chi connectivity index (χ2n) is 6.46.